The maximum absolute atomic E-state index is 13.3. The first-order valence-corrected chi connectivity index (χ1v) is 9.81. The number of carbonyl (C=O) groups excluding carboxylic acids is 1. The average Bonchev–Trinajstić information content (AvgIpc) is 2.64. The van der Waals surface area contributed by atoms with Gasteiger partial charge in [0.1, 0.15) is 0 Å². The Labute approximate surface area is 163 Å². The van der Waals surface area contributed by atoms with E-state index in [9.17, 15) is 18.0 Å². The first kappa shape index (κ1) is 19.9. The van der Waals surface area contributed by atoms with E-state index < -0.39 is 11.9 Å². The van der Waals surface area contributed by atoms with E-state index in [1.807, 2.05) is 6.07 Å². The lowest BCUT2D eigenvalue weighted by Crippen LogP contribution is -2.25. The molecule has 4 nitrogen and oxygen atoms in total. The van der Waals surface area contributed by atoms with Crippen LogP contribution in [0.2, 0.25) is 5.02 Å². The fraction of sp³-hybridized carbons (Fsp3) is 0.389. The van der Waals surface area contributed by atoms with Crippen molar-refractivity contribution >= 4 is 29.3 Å². The number of amides is 1. The number of aromatic nitrogens is 2. The number of alkyl halides is 3. The van der Waals surface area contributed by atoms with Gasteiger partial charge in [0.05, 0.1) is 5.75 Å². The molecule has 144 valence electrons. The summed E-state index contributed by atoms with van der Waals surface area (Å²) in [6.07, 6.45) is -2.16. The van der Waals surface area contributed by atoms with Gasteiger partial charge in [0.2, 0.25) is 5.91 Å². The smallest absolute Gasteiger partial charge is 0.351 e. The molecule has 0 spiro atoms. The van der Waals surface area contributed by atoms with Crippen LogP contribution >= 0.6 is 23.4 Å². The van der Waals surface area contributed by atoms with Gasteiger partial charge in [-0.25, -0.2) is 9.97 Å². The lowest BCUT2D eigenvalue weighted by molar-refractivity contribution is -0.142. The number of nitrogens with one attached hydrogen (secondary N) is 1. The summed E-state index contributed by atoms with van der Waals surface area (Å²) in [5.41, 5.74) is 0.539. The molecule has 1 heterocycles. The highest BCUT2D eigenvalue weighted by atomic mass is 35.5. The molecule has 0 radical (unpaired) electrons. The number of thioether (sulfide) groups is 1. The number of benzene rings is 1. The van der Waals surface area contributed by atoms with Crippen molar-refractivity contribution in [2.24, 2.45) is 0 Å². The molecule has 9 heteroatoms. The highest BCUT2D eigenvalue weighted by Gasteiger charge is 2.38. The topological polar surface area (TPSA) is 54.9 Å². The maximum atomic E-state index is 13.3. The average molecular weight is 416 g/mol. The lowest BCUT2D eigenvalue weighted by atomic mass is 9.94. The zero-order valence-electron chi connectivity index (χ0n) is 14.3. The van der Waals surface area contributed by atoms with Gasteiger partial charge in [-0.3, -0.25) is 4.79 Å². The minimum atomic E-state index is -4.52. The van der Waals surface area contributed by atoms with E-state index in [0.717, 1.165) is 23.7 Å². The van der Waals surface area contributed by atoms with Gasteiger partial charge in [-0.05, 0) is 37.3 Å². The number of rotatable bonds is 5. The molecule has 1 aliphatic rings. The van der Waals surface area contributed by atoms with Crippen LogP contribution in [0.15, 0.2) is 29.4 Å². The summed E-state index contributed by atoms with van der Waals surface area (Å²) in [5.74, 6) is -0.393. The summed E-state index contributed by atoms with van der Waals surface area (Å²) < 4.78 is 39.9. The first-order valence-electron chi connectivity index (χ1n) is 8.44. The van der Waals surface area contributed by atoms with Crippen LogP contribution in [0.5, 0.6) is 0 Å². The molecule has 0 aliphatic heterocycles. The number of halogens is 4. The largest absolute Gasteiger partial charge is 0.433 e. The Balaban J connectivity index is 1.65. The van der Waals surface area contributed by atoms with Gasteiger partial charge in [0.15, 0.2) is 10.9 Å². The number of hydrogen-bond acceptors (Lipinski definition) is 4. The van der Waals surface area contributed by atoms with Crippen molar-refractivity contribution in [2.75, 3.05) is 5.75 Å². The second kappa shape index (κ2) is 8.48. The summed E-state index contributed by atoms with van der Waals surface area (Å²) in [6.45, 7) is 0.248. The van der Waals surface area contributed by atoms with Gasteiger partial charge in [-0.15, -0.1) is 0 Å². The van der Waals surface area contributed by atoms with Crippen LogP contribution in [0.1, 0.15) is 35.4 Å². The number of fused-ring (bicyclic) bond motifs is 1. The van der Waals surface area contributed by atoms with Crippen LogP contribution in [0.25, 0.3) is 0 Å². The SMILES string of the molecule is O=C(CSc1nc2c(c(C(F)(F)F)n1)CCCC2)NCc1ccccc1Cl. The van der Waals surface area contributed by atoms with E-state index in [4.69, 9.17) is 11.6 Å². The summed E-state index contributed by atoms with van der Waals surface area (Å²) in [6, 6.07) is 7.10. The maximum Gasteiger partial charge on any atom is 0.433 e. The summed E-state index contributed by atoms with van der Waals surface area (Å²) in [7, 11) is 0. The Hall–Kier alpha value is -1.80. The van der Waals surface area contributed by atoms with Crippen molar-refractivity contribution in [2.45, 2.75) is 43.6 Å². The van der Waals surface area contributed by atoms with Gasteiger partial charge in [-0.2, -0.15) is 13.2 Å². The molecule has 1 aliphatic carbocycles. The summed E-state index contributed by atoms with van der Waals surface area (Å²) >= 11 is 6.93. The van der Waals surface area contributed by atoms with Gasteiger partial charge < -0.3 is 5.32 Å². The number of nitrogens with zero attached hydrogens (tertiary/aromatic N) is 2. The molecule has 0 saturated carbocycles. The minimum absolute atomic E-state index is 0.0177. The fourth-order valence-corrected chi connectivity index (χ4v) is 3.78. The Kier molecular flexibility index (Phi) is 6.26. The van der Waals surface area contributed by atoms with Crippen LogP contribution in [-0.2, 0) is 30.4 Å². The normalized spacial score (nSPS) is 13.9. The molecule has 0 unspecified atom stereocenters. The molecule has 0 atom stereocenters. The van der Waals surface area contributed by atoms with Crippen molar-refractivity contribution in [3.8, 4) is 0 Å². The Morgan fingerprint density at radius 2 is 1.93 bits per heavy atom. The van der Waals surface area contributed by atoms with E-state index in [-0.39, 0.29) is 28.9 Å². The Morgan fingerprint density at radius 1 is 1.19 bits per heavy atom. The lowest BCUT2D eigenvalue weighted by Gasteiger charge is -2.20. The Bertz CT molecular complexity index is 845. The van der Waals surface area contributed by atoms with E-state index in [0.29, 0.717) is 30.0 Å². The second-order valence-corrected chi connectivity index (χ2v) is 7.49. The van der Waals surface area contributed by atoms with E-state index >= 15 is 0 Å². The number of carbonyl (C=O) groups is 1. The number of aryl methyl sites for hydroxylation is 1. The van der Waals surface area contributed by atoms with Crippen molar-refractivity contribution in [1.29, 1.82) is 0 Å². The van der Waals surface area contributed by atoms with Crippen LogP contribution in [0.4, 0.5) is 13.2 Å². The van der Waals surface area contributed by atoms with Gasteiger partial charge in [-0.1, -0.05) is 41.6 Å². The van der Waals surface area contributed by atoms with Crippen molar-refractivity contribution in [3.63, 3.8) is 0 Å². The fourth-order valence-electron chi connectivity index (χ4n) is 2.89. The molecule has 0 saturated heterocycles. The molecule has 1 amide bonds. The monoisotopic (exact) mass is 415 g/mol. The van der Waals surface area contributed by atoms with Crippen molar-refractivity contribution in [3.05, 3.63) is 51.8 Å². The van der Waals surface area contributed by atoms with E-state index in [2.05, 4.69) is 15.3 Å². The zero-order chi connectivity index (χ0) is 19.4. The number of hydrogen-bond donors (Lipinski definition) is 1. The molecule has 0 fully saturated rings. The molecule has 1 aromatic heterocycles. The van der Waals surface area contributed by atoms with Crippen LogP contribution in [0, 0.1) is 0 Å². The van der Waals surface area contributed by atoms with Gasteiger partial charge in [0, 0.05) is 22.8 Å². The standard InChI is InChI=1S/C18H17ClF3N3OS/c19-13-7-3-1-5-11(13)9-23-15(26)10-27-17-24-14-8-4-2-6-12(14)16(25-17)18(20,21)22/h1,3,5,7H,2,4,6,8-10H2,(H,23,26). The summed E-state index contributed by atoms with van der Waals surface area (Å²) in [4.78, 5) is 19.9. The Morgan fingerprint density at radius 3 is 2.67 bits per heavy atom. The third-order valence-corrected chi connectivity index (χ3v) is 5.41. The second-order valence-electron chi connectivity index (χ2n) is 6.14. The molecule has 0 bridgehead atoms. The van der Waals surface area contributed by atoms with E-state index in [1.54, 1.807) is 18.2 Å². The van der Waals surface area contributed by atoms with Gasteiger partial charge >= 0.3 is 6.18 Å². The summed E-state index contributed by atoms with van der Waals surface area (Å²) in [5, 5.41) is 3.22. The minimum Gasteiger partial charge on any atom is -0.351 e. The highest BCUT2D eigenvalue weighted by Crippen LogP contribution is 2.35. The predicted octanol–water partition coefficient (Wildman–Crippen LogP) is 4.44. The van der Waals surface area contributed by atoms with Gasteiger partial charge in [0.25, 0.3) is 0 Å². The highest BCUT2D eigenvalue weighted by molar-refractivity contribution is 7.99. The molecule has 27 heavy (non-hydrogen) atoms. The third kappa shape index (κ3) is 5.13. The van der Waals surface area contributed by atoms with Crippen LogP contribution in [0.3, 0.4) is 0 Å². The van der Waals surface area contributed by atoms with Crippen molar-refractivity contribution in [1.82, 2.24) is 15.3 Å². The molecule has 2 aromatic rings. The molecular formula is C18H17ClF3N3OS. The van der Waals surface area contributed by atoms with Crippen LogP contribution < -0.4 is 5.32 Å². The van der Waals surface area contributed by atoms with Crippen LogP contribution in [-0.4, -0.2) is 21.6 Å². The molecular weight excluding hydrogens is 399 g/mol. The first-order chi connectivity index (χ1) is 12.8. The quantitative estimate of drug-likeness (QED) is 0.579. The molecule has 1 N–H and O–H groups in total. The predicted molar refractivity (Wildman–Crippen MR) is 97.7 cm³/mol. The van der Waals surface area contributed by atoms with E-state index in [1.165, 1.54) is 0 Å². The zero-order valence-corrected chi connectivity index (χ0v) is 15.8. The molecule has 3 rings (SSSR count). The van der Waals surface area contributed by atoms with Crippen molar-refractivity contribution < 1.29 is 18.0 Å². The third-order valence-electron chi connectivity index (χ3n) is 4.20. The molecule has 1 aromatic carbocycles.